The number of rotatable bonds is 8. The number of carbonyl (C=O) groups is 1. The summed E-state index contributed by atoms with van der Waals surface area (Å²) >= 11 is 0. The quantitative estimate of drug-likeness (QED) is 0.449. The van der Waals surface area contributed by atoms with Gasteiger partial charge in [-0.2, -0.15) is 0 Å². The van der Waals surface area contributed by atoms with E-state index >= 15 is 0 Å². The SMILES string of the molecule is CN(C)CC(=O)N1CCC(CN=C(N)/C=C\c2ncc(-c3cccc(OC(F)(F)F)c3)[nH]2)CC1. The Morgan fingerprint density at radius 3 is 2.76 bits per heavy atom. The smallest absolute Gasteiger partial charge is 0.406 e. The van der Waals surface area contributed by atoms with Crippen LogP contribution >= 0.6 is 0 Å². The van der Waals surface area contributed by atoms with Crippen LogP contribution in [0.2, 0.25) is 0 Å². The number of likely N-dealkylation sites (N-methyl/N-ethyl adjacent to an activating group) is 1. The minimum absolute atomic E-state index is 0.145. The fourth-order valence-electron chi connectivity index (χ4n) is 3.62. The van der Waals surface area contributed by atoms with Gasteiger partial charge in [0, 0.05) is 25.2 Å². The summed E-state index contributed by atoms with van der Waals surface area (Å²) in [5, 5.41) is 0. The molecule has 1 aromatic carbocycles. The zero-order chi connectivity index (χ0) is 24.7. The van der Waals surface area contributed by atoms with E-state index in [4.69, 9.17) is 5.73 Å². The molecule has 1 aromatic heterocycles. The summed E-state index contributed by atoms with van der Waals surface area (Å²) in [4.78, 5) is 27.5. The topological polar surface area (TPSA) is 99.8 Å². The molecular formula is C23H29F3N6O2. The number of hydrogen-bond donors (Lipinski definition) is 2. The van der Waals surface area contributed by atoms with E-state index in [2.05, 4.69) is 19.7 Å². The average Bonchev–Trinajstić information content (AvgIpc) is 3.24. The summed E-state index contributed by atoms with van der Waals surface area (Å²) in [6.45, 7) is 2.46. The van der Waals surface area contributed by atoms with Gasteiger partial charge in [0.05, 0.1) is 18.4 Å². The maximum atomic E-state index is 12.4. The van der Waals surface area contributed by atoms with Crippen molar-refractivity contribution in [1.29, 1.82) is 0 Å². The standard InChI is InChI=1S/C23H29F3N6O2/c1-31(2)15-22(33)32-10-8-16(9-11-32)13-28-20(27)6-7-21-29-14-19(30-21)17-4-3-5-18(12-17)34-23(24,25)26/h3-7,12,14,16H,8-11,13,15H2,1-2H3,(H2,27,28)(H,29,30)/b7-6-. The van der Waals surface area contributed by atoms with Crippen molar-refractivity contribution < 1.29 is 22.7 Å². The number of amides is 1. The summed E-state index contributed by atoms with van der Waals surface area (Å²) in [7, 11) is 3.76. The third-order valence-corrected chi connectivity index (χ3v) is 5.34. The van der Waals surface area contributed by atoms with E-state index in [1.54, 1.807) is 18.2 Å². The summed E-state index contributed by atoms with van der Waals surface area (Å²) < 4.78 is 41.3. The van der Waals surface area contributed by atoms with Gasteiger partial charge in [0.15, 0.2) is 0 Å². The van der Waals surface area contributed by atoms with Crippen LogP contribution in [0.3, 0.4) is 0 Å². The number of nitrogens with two attached hydrogens (primary N) is 1. The number of aromatic amines is 1. The highest BCUT2D eigenvalue weighted by atomic mass is 19.4. The van der Waals surface area contributed by atoms with Crippen LogP contribution in [-0.2, 0) is 4.79 Å². The van der Waals surface area contributed by atoms with Crippen molar-refractivity contribution in [2.24, 2.45) is 16.6 Å². The average molecular weight is 479 g/mol. The highest BCUT2D eigenvalue weighted by molar-refractivity contribution is 5.94. The number of benzene rings is 1. The van der Waals surface area contributed by atoms with E-state index in [0.29, 0.717) is 41.9 Å². The Hall–Kier alpha value is -3.34. The number of halogens is 3. The summed E-state index contributed by atoms with van der Waals surface area (Å²) in [5.74, 6) is 1.05. The maximum absolute atomic E-state index is 12.4. The molecule has 11 heteroatoms. The molecule has 0 bridgehead atoms. The summed E-state index contributed by atoms with van der Waals surface area (Å²) in [6, 6.07) is 5.64. The predicted octanol–water partition coefficient (Wildman–Crippen LogP) is 3.15. The van der Waals surface area contributed by atoms with Gasteiger partial charge in [-0.3, -0.25) is 9.79 Å². The first-order valence-electron chi connectivity index (χ1n) is 10.9. The number of ether oxygens (including phenoxy) is 1. The molecule has 0 radical (unpaired) electrons. The van der Waals surface area contributed by atoms with Crippen molar-refractivity contribution in [3.8, 4) is 17.0 Å². The number of amidine groups is 1. The first kappa shape index (κ1) is 25.3. The van der Waals surface area contributed by atoms with Crippen LogP contribution in [0.15, 0.2) is 41.5 Å². The Kier molecular flexibility index (Phi) is 8.32. The van der Waals surface area contributed by atoms with Gasteiger partial charge in [-0.25, -0.2) is 4.98 Å². The van der Waals surface area contributed by atoms with Gasteiger partial charge in [-0.15, -0.1) is 13.2 Å². The molecule has 184 valence electrons. The fourth-order valence-corrected chi connectivity index (χ4v) is 3.62. The number of aliphatic imine (C=N–C) groups is 1. The number of hydrogen-bond acceptors (Lipinski definition) is 5. The van der Waals surface area contributed by atoms with E-state index in [9.17, 15) is 18.0 Å². The van der Waals surface area contributed by atoms with Crippen LogP contribution in [0.5, 0.6) is 5.75 Å². The lowest BCUT2D eigenvalue weighted by Gasteiger charge is -2.32. The third kappa shape index (κ3) is 7.91. The molecule has 8 nitrogen and oxygen atoms in total. The predicted molar refractivity (Wildman–Crippen MR) is 124 cm³/mol. The van der Waals surface area contributed by atoms with Gasteiger partial charge in [-0.1, -0.05) is 12.1 Å². The minimum Gasteiger partial charge on any atom is -0.406 e. The molecule has 1 fully saturated rings. The largest absolute Gasteiger partial charge is 0.573 e. The number of carbonyl (C=O) groups excluding carboxylic acids is 1. The number of aromatic nitrogens is 2. The fraction of sp³-hybridized carbons (Fsp3) is 0.435. The number of likely N-dealkylation sites (tertiary alicyclic amines) is 1. The molecule has 0 spiro atoms. The summed E-state index contributed by atoms with van der Waals surface area (Å²) in [6.07, 6.45) is 1.82. The van der Waals surface area contributed by atoms with Gasteiger partial charge < -0.3 is 25.3 Å². The molecule has 1 aliphatic heterocycles. The van der Waals surface area contributed by atoms with E-state index in [0.717, 1.165) is 25.9 Å². The van der Waals surface area contributed by atoms with Crippen LogP contribution in [-0.4, -0.2) is 78.1 Å². The van der Waals surface area contributed by atoms with Crippen LogP contribution < -0.4 is 10.5 Å². The van der Waals surface area contributed by atoms with Crippen molar-refractivity contribution in [3.63, 3.8) is 0 Å². The van der Waals surface area contributed by atoms with Gasteiger partial charge in [0.1, 0.15) is 17.4 Å². The molecule has 34 heavy (non-hydrogen) atoms. The second kappa shape index (κ2) is 11.2. The second-order valence-electron chi connectivity index (χ2n) is 8.42. The van der Waals surface area contributed by atoms with E-state index in [1.165, 1.54) is 24.4 Å². The van der Waals surface area contributed by atoms with E-state index < -0.39 is 6.36 Å². The molecule has 0 aliphatic carbocycles. The van der Waals surface area contributed by atoms with Crippen molar-refractivity contribution in [1.82, 2.24) is 19.8 Å². The van der Waals surface area contributed by atoms with Crippen molar-refractivity contribution in [2.75, 3.05) is 40.3 Å². The lowest BCUT2D eigenvalue weighted by atomic mass is 9.97. The Labute approximate surface area is 196 Å². The first-order chi connectivity index (χ1) is 16.1. The van der Waals surface area contributed by atoms with Crippen LogP contribution in [0, 0.1) is 5.92 Å². The zero-order valence-corrected chi connectivity index (χ0v) is 19.2. The zero-order valence-electron chi connectivity index (χ0n) is 19.2. The number of imidazole rings is 1. The van der Waals surface area contributed by atoms with Gasteiger partial charge >= 0.3 is 6.36 Å². The molecule has 0 atom stereocenters. The lowest BCUT2D eigenvalue weighted by Crippen LogP contribution is -2.43. The number of H-pyrrole nitrogens is 1. The highest BCUT2D eigenvalue weighted by Gasteiger charge is 2.31. The van der Waals surface area contributed by atoms with Gasteiger partial charge in [0.25, 0.3) is 0 Å². The van der Waals surface area contributed by atoms with Crippen molar-refractivity contribution >= 4 is 17.8 Å². The van der Waals surface area contributed by atoms with Gasteiger partial charge in [-0.05, 0) is 57.1 Å². The molecule has 0 unspecified atom stereocenters. The number of nitrogens with one attached hydrogen (secondary N) is 1. The number of alkyl halides is 3. The Morgan fingerprint density at radius 1 is 1.35 bits per heavy atom. The maximum Gasteiger partial charge on any atom is 0.573 e. The molecule has 0 saturated carbocycles. The van der Waals surface area contributed by atoms with Crippen LogP contribution in [0.4, 0.5) is 13.2 Å². The molecule has 3 N–H and O–H groups in total. The molecule has 1 amide bonds. The molecule has 1 saturated heterocycles. The molecule has 2 heterocycles. The van der Waals surface area contributed by atoms with Gasteiger partial charge in [0.2, 0.25) is 5.91 Å². The highest BCUT2D eigenvalue weighted by Crippen LogP contribution is 2.27. The second-order valence-corrected chi connectivity index (χ2v) is 8.42. The number of piperidine rings is 1. The first-order valence-corrected chi connectivity index (χ1v) is 10.9. The third-order valence-electron chi connectivity index (χ3n) is 5.34. The Balaban J connectivity index is 1.51. The molecule has 2 aromatic rings. The Morgan fingerprint density at radius 2 is 2.09 bits per heavy atom. The van der Waals surface area contributed by atoms with E-state index in [-0.39, 0.29) is 11.7 Å². The van der Waals surface area contributed by atoms with Crippen molar-refractivity contribution in [2.45, 2.75) is 19.2 Å². The number of nitrogens with zero attached hydrogens (tertiary/aromatic N) is 4. The Bertz CT molecular complexity index is 1020. The van der Waals surface area contributed by atoms with Crippen LogP contribution in [0.25, 0.3) is 17.3 Å². The molecule has 3 rings (SSSR count). The minimum atomic E-state index is -4.75. The lowest BCUT2D eigenvalue weighted by molar-refractivity contribution is -0.274. The summed E-state index contributed by atoms with van der Waals surface area (Å²) in [5.41, 5.74) is 7.04. The normalized spacial score (nSPS) is 15.9. The van der Waals surface area contributed by atoms with Crippen molar-refractivity contribution in [3.05, 3.63) is 42.4 Å². The molecule has 1 aliphatic rings. The van der Waals surface area contributed by atoms with Crippen LogP contribution in [0.1, 0.15) is 18.7 Å². The monoisotopic (exact) mass is 478 g/mol. The van der Waals surface area contributed by atoms with E-state index in [1.807, 2.05) is 23.9 Å². The molecular weight excluding hydrogens is 449 g/mol.